The number of benzene rings is 1. The molecule has 0 saturated carbocycles. The molecule has 0 spiro atoms. The molecule has 0 radical (unpaired) electrons. The Morgan fingerprint density at radius 1 is 1.24 bits per heavy atom. The Morgan fingerprint density at radius 2 is 1.94 bits per heavy atom. The third-order valence-electron chi connectivity index (χ3n) is 2.32. The van der Waals surface area contributed by atoms with Gasteiger partial charge in [-0.15, -0.1) is 0 Å². The van der Waals surface area contributed by atoms with Crippen molar-refractivity contribution in [2.45, 2.75) is 6.54 Å². The quantitative estimate of drug-likeness (QED) is 0.868. The summed E-state index contributed by atoms with van der Waals surface area (Å²) in [5, 5.41) is 0.408. The second kappa shape index (κ2) is 5.47. The van der Waals surface area contributed by atoms with Crippen LogP contribution in [-0.4, -0.2) is 17.0 Å². The van der Waals surface area contributed by atoms with Crippen LogP contribution in [0.4, 0.5) is 5.82 Å². The Labute approximate surface area is 114 Å². The van der Waals surface area contributed by atoms with E-state index in [1.165, 1.54) is 11.8 Å². The molecule has 3 nitrogen and oxygen atoms in total. The number of nitrogens with zero attached hydrogens (tertiary/aromatic N) is 3. The molecule has 0 amide bonds. The molecule has 0 N–H and O–H groups in total. The fourth-order valence-electron chi connectivity index (χ4n) is 1.46. The largest absolute Gasteiger partial charge is 0.354 e. The average Bonchev–Trinajstić information content (AvgIpc) is 2.32. The third-order valence-corrected chi connectivity index (χ3v) is 3.03. The normalized spacial score (nSPS) is 10.3. The van der Waals surface area contributed by atoms with Crippen molar-refractivity contribution in [2.75, 3.05) is 11.9 Å². The first-order valence-corrected chi connectivity index (χ1v) is 6.25. The van der Waals surface area contributed by atoms with Crippen LogP contribution in [0.3, 0.4) is 0 Å². The molecule has 88 valence electrons. The fraction of sp³-hybridized carbons (Fsp3) is 0.167. The van der Waals surface area contributed by atoms with E-state index in [9.17, 15) is 0 Å². The minimum Gasteiger partial charge on any atom is -0.354 e. The van der Waals surface area contributed by atoms with Gasteiger partial charge in [-0.2, -0.15) is 0 Å². The third kappa shape index (κ3) is 3.41. The first-order valence-electron chi connectivity index (χ1n) is 5.08. The molecule has 1 aromatic heterocycles. The van der Waals surface area contributed by atoms with Crippen LogP contribution in [0.1, 0.15) is 5.56 Å². The van der Waals surface area contributed by atoms with Crippen LogP contribution in [0.2, 0.25) is 5.15 Å². The highest BCUT2D eigenvalue weighted by Crippen LogP contribution is 2.16. The van der Waals surface area contributed by atoms with E-state index in [2.05, 4.69) is 38.0 Å². The van der Waals surface area contributed by atoms with Crippen LogP contribution in [0.25, 0.3) is 0 Å². The summed E-state index contributed by atoms with van der Waals surface area (Å²) in [7, 11) is 1.96. The Hall–Kier alpha value is -1.13. The van der Waals surface area contributed by atoms with E-state index in [-0.39, 0.29) is 0 Å². The van der Waals surface area contributed by atoms with Gasteiger partial charge in [-0.1, -0.05) is 39.7 Å². The van der Waals surface area contributed by atoms with E-state index < -0.39 is 0 Å². The van der Waals surface area contributed by atoms with Gasteiger partial charge < -0.3 is 4.90 Å². The molecular formula is C12H11BrClN3. The summed E-state index contributed by atoms with van der Waals surface area (Å²) < 4.78 is 1.08. The molecule has 0 fully saturated rings. The molecule has 17 heavy (non-hydrogen) atoms. The van der Waals surface area contributed by atoms with Gasteiger partial charge in [0, 0.05) is 18.1 Å². The zero-order valence-corrected chi connectivity index (χ0v) is 11.6. The van der Waals surface area contributed by atoms with E-state index >= 15 is 0 Å². The molecule has 0 aliphatic rings. The molecule has 0 aliphatic carbocycles. The lowest BCUT2D eigenvalue weighted by Crippen LogP contribution is -2.17. The molecule has 2 aromatic rings. The number of halogens is 2. The van der Waals surface area contributed by atoms with Gasteiger partial charge >= 0.3 is 0 Å². The van der Waals surface area contributed by atoms with Crippen molar-refractivity contribution in [3.63, 3.8) is 0 Å². The summed E-state index contributed by atoms with van der Waals surface area (Å²) in [4.78, 5) is 10.2. The summed E-state index contributed by atoms with van der Waals surface area (Å²) >= 11 is 9.22. The second-order valence-corrected chi connectivity index (χ2v) is 4.99. The summed E-state index contributed by atoms with van der Waals surface area (Å²) in [5.74, 6) is 0.764. The van der Waals surface area contributed by atoms with Crippen molar-refractivity contribution < 1.29 is 0 Å². The second-order valence-electron chi connectivity index (χ2n) is 3.68. The molecule has 1 heterocycles. The maximum atomic E-state index is 5.81. The molecule has 1 aromatic carbocycles. The van der Waals surface area contributed by atoms with E-state index in [4.69, 9.17) is 11.6 Å². The smallest absolute Gasteiger partial charge is 0.149 e. The maximum absolute atomic E-state index is 5.81. The predicted octanol–water partition coefficient (Wildman–Crippen LogP) is 3.53. The lowest BCUT2D eigenvalue weighted by atomic mass is 10.2. The van der Waals surface area contributed by atoms with Crippen molar-refractivity contribution in [3.8, 4) is 0 Å². The zero-order valence-electron chi connectivity index (χ0n) is 9.27. The van der Waals surface area contributed by atoms with E-state index in [0.29, 0.717) is 5.15 Å². The molecule has 5 heteroatoms. The highest BCUT2D eigenvalue weighted by atomic mass is 79.9. The van der Waals surface area contributed by atoms with Gasteiger partial charge in [-0.25, -0.2) is 4.98 Å². The van der Waals surface area contributed by atoms with Crippen molar-refractivity contribution in [1.29, 1.82) is 0 Å². The molecule has 2 rings (SSSR count). The van der Waals surface area contributed by atoms with Gasteiger partial charge in [-0.3, -0.25) is 4.98 Å². The highest BCUT2D eigenvalue weighted by molar-refractivity contribution is 9.10. The minimum absolute atomic E-state index is 0.408. The highest BCUT2D eigenvalue weighted by Gasteiger charge is 2.04. The van der Waals surface area contributed by atoms with E-state index in [0.717, 1.165) is 16.8 Å². The maximum Gasteiger partial charge on any atom is 0.149 e. The number of hydrogen-bond donors (Lipinski definition) is 0. The Bertz CT molecular complexity index is 501. The summed E-state index contributed by atoms with van der Waals surface area (Å²) in [6.45, 7) is 0.766. The van der Waals surface area contributed by atoms with Crippen LogP contribution in [-0.2, 0) is 6.54 Å². The van der Waals surface area contributed by atoms with Gasteiger partial charge in [0.05, 0.1) is 12.4 Å². The van der Waals surface area contributed by atoms with Gasteiger partial charge in [0.2, 0.25) is 0 Å². The summed E-state index contributed by atoms with van der Waals surface area (Å²) in [6.07, 6.45) is 3.23. The Balaban J connectivity index is 2.11. The first kappa shape index (κ1) is 12.3. The van der Waals surface area contributed by atoms with Crippen molar-refractivity contribution >= 4 is 33.3 Å². The molecule has 0 aliphatic heterocycles. The Kier molecular flexibility index (Phi) is 3.97. The predicted molar refractivity (Wildman–Crippen MR) is 73.3 cm³/mol. The number of rotatable bonds is 3. The van der Waals surface area contributed by atoms with E-state index in [1.807, 2.05) is 24.1 Å². The Morgan fingerprint density at radius 3 is 2.59 bits per heavy atom. The lowest BCUT2D eigenvalue weighted by Gasteiger charge is -2.17. The number of hydrogen-bond acceptors (Lipinski definition) is 3. The van der Waals surface area contributed by atoms with Crippen molar-refractivity contribution in [1.82, 2.24) is 9.97 Å². The average molecular weight is 313 g/mol. The standard InChI is InChI=1S/C12H11BrClN3/c1-17(12-7-15-6-11(14)16-12)8-9-2-4-10(13)5-3-9/h2-7H,8H2,1H3. The zero-order chi connectivity index (χ0) is 12.3. The summed E-state index contributed by atoms with van der Waals surface area (Å²) in [5.41, 5.74) is 1.21. The van der Waals surface area contributed by atoms with Gasteiger partial charge in [0.15, 0.2) is 0 Å². The fourth-order valence-corrected chi connectivity index (χ4v) is 1.87. The topological polar surface area (TPSA) is 29.0 Å². The minimum atomic E-state index is 0.408. The van der Waals surface area contributed by atoms with Crippen molar-refractivity contribution in [3.05, 3.63) is 51.8 Å². The molecule has 0 saturated heterocycles. The van der Waals surface area contributed by atoms with Crippen LogP contribution < -0.4 is 4.90 Å². The molecule has 0 atom stereocenters. The monoisotopic (exact) mass is 311 g/mol. The first-order chi connectivity index (χ1) is 8.15. The molecular weight excluding hydrogens is 302 g/mol. The number of aromatic nitrogens is 2. The van der Waals surface area contributed by atoms with Crippen molar-refractivity contribution in [2.24, 2.45) is 0 Å². The molecule has 0 unspecified atom stereocenters. The SMILES string of the molecule is CN(Cc1ccc(Br)cc1)c1cncc(Cl)n1. The van der Waals surface area contributed by atoms with Crippen LogP contribution in [0.15, 0.2) is 41.1 Å². The molecule has 0 bridgehead atoms. The van der Waals surface area contributed by atoms with Crippen LogP contribution in [0, 0.1) is 0 Å². The summed E-state index contributed by atoms with van der Waals surface area (Å²) in [6, 6.07) is 8.18. The van der Waals surface area contributed by atoms with Gasteiger partial charge in [0.1, 0.15) is 11.0 Å². The lowest BCUT2D eigenvalue weighted by molar-refractivity contribution is 0.890. The van der Waals surface area contributed by atoms with Gasteiger partial charge in [0.25, 0.3) is 0 Å². The van der Waals surface area contributed by atoms with Crippen LogP contribution >= 0.6 is 27.5 Å². The van der Waals surface area contributed by atoms with E-state index in [1.54, 1.807) is 6.20 Å². The van der Waals surface area contributed by atoms with Gasteiger partial charge in [-0.05, 0) is 17.7 Å². The van der Waals surface area contributed by atoms with Crippen LogP contribution in [0.5, 0.6) is 0 Å². The number of anilines is 1.